The zero-order valence-electron chi connectivity index (χ0n) is 12.3. The van der Waals surface area contributed by atoms with Gasteiger partial charge in [-0.05, 0) is 39.3 Å². The maximum absolute atomic E-state index is 12.2. The maximum atomic E-state index is 12.2. The third-order valence-electron chi connectivity index (χ3n) is 3.18. The summed E-state index contributed by atoms with van der Waals surface area (Å²) in [5, 5.41) is 8.92. The van der Waals surface area contributed by atoms with Crippen LogP contribution in [0, 0.1) is 11.3 Å². The molecule has 20 heavy (non-hydrogen) atoms. The van der Waals surface area contributed by atoms with Crippen molar-refractivity contribution in [1.29, 1.82) is 5.26 Å². The number of rotatable bonds is 0. The van der Waals surface area contributed by atoms with E-state index in [4.69, 9.17) is 10.00 Å². The fraction of sp³-hybridized carbons (Fsp3) is 0.533. The molecular weight excluding hydrogens is 254 g/mol. The average molecular weight is 273 g/mol. The van der Waals surface area contributed by atoms with Crippen molar-refractivity contribution in [3.8, 4) is 6.07 Å². The van der Waals surface area contributed by atoms with E-state index < -0.39 is 5.60 Å². The lowest BCUT2D eigenvalue weighted by molar-refractivity contribution is 0.0136. The summed E-state index contributed by atoms with van der Waals surface area (Å²) in [6.07, 6.45) is 1.94. The lowest BCUT2D eigenvalue weighted by Crippen LogP contribution is -2.45. The molecule has 0 saturated carbocycles. The highest BCUT2D eigenvalue weighted by atomic mass is 16.6. The number of hydrogen-bond donors (Lipinski definition) is 0. The molecule has 1 aliphatic rings. The van der Waals surface area contributed by atoms with E-state index in [1.807, 2.05) is 27.7 Å². The average Bonchev–Trinajstić information content (AvgIpc) is 2.35. The molecular formula is C15H19N3O2. The molecule has 0 fully saturated rings. The second-order valence-corrected chi connectivity index (χ2v) is 6.10. The summed E-state index contributed by atoms with van der Waals surface area (Å²) in [6.45, 7) is 7.97. The van der Waals surface area contributed by atoms with Gasteiger partial charge >= 0.3 is 6.09 Å². The summed E-state index contributed by atoms with van der Waals surface area (Å²) in [5.74, 6) is 0. The number of ether oxygens (including phenoxy) is 1. The zero-order valence-corrected chi connectivity index (χ0v) is 12.3. The first-order chi connectivity index (χ1) is 9.30. The van der Waals surface area contributed by atoms with Gasteiger partial charge in [-0.3, -0.25) is 4.98 Å². The van der Waals surface area contributed by atoms with Gasteiger partial charge in [0.05, 0.1) is 12.1 Å². The molecule has 0 radical (unpaired) electrons. The molecule has 1 aromatic heterocycles. The van der Waals surface area contributed by atoms with Crippen LogP contribution in [0.1, 0.15) is 44.5 Å². The Morgan fingerprint density at radius 1 is 1.55 bits per heavy atom. The van der Waals surface area contributed by atoms with Crippen molar-refractivity contribution >= 4 is 6.09 Å². The minimum absolute atomic E-state index is 0.0396. The summed E-state index contributed by atoms with van der Waals surface area (Å²) < 4.78 is 5.42. The van der Waals surface area contributed by atoms with Crippen LogP contribution in [0.5, 0.6) is 0 Å². The number of carbonyl (C=O) groups excluding carboxylic acids is 1. The van der Waals surface area contributed by atoms with Crippen molar-refractivity contribution in [3.05, 3.63) is 29.1 Å². The number of nitrogens with zero attached hydrogens (tertiary/aromatic N) is 3. The number of pyridine rings is 1. The number of hydrogen-bond acceptors (Lipinski definition) is 4. The number of amides is 1. The summed E-state index contributed by atoms with van der Waals surface area (Å²) in [4.78, 5) is 18.2. The van der Waals surface area contributed by atoms with Crippen molar-refractivity contribution in [1.82, 2.24) is 9.88 Å². The van der Waals surface area contributed by atoms with E-state index in [1.54, 1.807) is 17.2 Å². The lowest BCUT2D eigenvalue weighted by atomic mass is 9.99. The van der Waals surface area contributed by atoms with Crippen LogP contribution in [0.4, 0.5) is 4.79 Å². The first-order valence-corrected chi connectivity index (χ1v) is 6.67. The van der Waals surface area contributed by atoms with Crippen LogP contribution >= 0.6 is 0 Å². The number of fused-ring (bicyclic) bond motifs is 1. The van der Waals surface area contributed by atoms with Crippen molar-refractivity contribution in [2.24, 2.45) is 0 Å². The third kappa shape index (κ3) is 3.08. The van der Waals surface area contributed by atoms with Gasteiger partial charge in [0.15, 0.2) is 0 Å². The van der Waals surface area contributed by atoms with Crippen LogP contribution in [0.3, 0.4) is 0 Å². The number of carbonyl (C=O) groups is 1. The largest absolute Gasteiger partial charge is 0.444 e. The van der Waals surface area contributed by atoms with E-state index in [-0.39, 0.29) is 12.1 Å². The van der Waals surface area contributed by atoms with Crippen molar-refractivity contribution < 1.29 is 9.53 Å². The zero-order chi connectivity index (χ0) is 14.9. The molecule has 0 saturated heterocycles. The van der Waals surface area contributed by atoms with Crippen LogP contribution in [-0.2, 0) is 17.7 Å². The predicted molar refractivity (Wildman–Crippen MR) is 73.9 cm³/mol. The minimum atomic E-state index is -0.510. The van der Waals surface area contributed by atoms with Gasteiger partial charge in [0.2, 0.25) is 0 Å². The highest BCUT2D eigenvalue weighted by molar-refractivity contribution is 5.69. The lowest BCUT2D eigenvalue weighted by Gasteiger charge is -2.35. The van der Waals surface area contributed by atoms with Crippen molar-refractivity contribution in [3.63, 3.8) is 0 Å². The Morgan fingerprint density at radius 3 is 2.85 bits per heavy atom. The second-order valence-electron chi connectivity index (χ2n) is 6.10. The molecule has 5 heteroatoms. The Labute approximate surface area is 119 Å². The Morgan fingerprint density at radius 2 is 2.25 bits per heavy atom. The second kappa shape index (κ2) is 5.12. The molecule has 5 nitrogen and oxygen atoms in total. The van der Waals surface area contributed by atoms with Crippen LogP contribution in [0.15, 0.2) is 12.3 Å². The molecule has 1 amide bonds. The molecule has 2 heterocycles. The van der Waals surface area contributed by atoms with Gasteiger partial charge < -0.3 is 9.64 Å². The van der Waals surface area contributed by atoms with Gasteiger partial charge in [-0.1, -0.05) is 0 Å². The normalized spacial score (nSPS) is 18.1. The Bertz CT molecular complexity index is 569. The Hall–Kier alpha value is -2.09. The monoisotopic (exact) mass is 273 g/mol. The topological polar surface area (TPSA) is 66.2 Å². The predicted octanol–water partition coefficient (Wildman–Crippen LogP) is 2.63. The minimum Gasteiger partial charge on any atom is -0.444 e. The van der Waals surface area contributed by atoms with Gasteiger partial charge in [-0.2, -0.15) is 5.26 Å². The van der Waals surface area contributed by atoms with Crippen molar-refractivity contribution in [2.45, 2.75) is 52.3 Å². The van der Waals surface area contributed by atoms with E-state index in [2.05, 4.69) is 11.1 Å². The first-order valence-electron chi connectivity index (χ1n) is 6.67. The molecule has 0 unspecified atom stereocenters. The van der Waals surface area contributed by atoms with E-state index in [1.165, 1.54) is 0 Å². The van der Waals surface area contributed by atoms with Gasteiger partial charge in [0.25, 0.3) is 0 Å². The molecule has 0 N–H and O–H groups in total. The molecule has 0 bridgehead atoms. The van der Waals surface area contributed by atoms with Gasteiger partial charge in [-0.15, -0.1) is 0 Å². The molecule has 1 aromatic rings. The molecule has 106 valence electrons. The molecule has 0 spiro atoms. The SMILES string of the molecule is C[C@@H]1Cc2ncc(C#N)cc2CN1C(=O)OC(C)(C)C. The van der Waals surface area contributed by atoms with E-state index in [0.717, 1.165) is 11.3 Å². The smallest absolute Gasteiger partial charge is 0.410 e. The summed E-state index contributed by atoms with van der Waals surface area (Å²) in [6, 6.07) is 3.91. The fourth-order valence-corrected chi connectivity index (χ4v) is 2.21. The van der Waals surface area contributed by atoms with E-state index >= 15 is 0 Å². The molecule has 0 aliphatic carbocycles. The van der Waals surface area contributed by atoms with Crippen molar-refractivity contribution in [2.75, 3.05) is 0 Å². The van der Waals surface area contributed by atoms with Crippen LogP contribution < -0.4 is 0 Å². The van der Waals surface area contributed by atoms with Gasteiger partial charge in [0.1, 0.15) is 11.7 Å². The fourth-order valence-electron chi connectivity index (χ4n) is 2.21. The maximum Gasteiger partial charge on any atom is 0.410 e. The standard InChI is InChI=1S/C15H19N3O2/c1-10-5-13-12(6-11(7-16)8-17-13)9-18(10)14(19)20-15(2,3)4/h6,8,10H,5,9H2,1-4H3/t10-/m1/s1. The summed E-state index contributed by atoms with van der Waals surface area (Å²) in [7, 11) is 0. The Kier molecular flexibility index (Phi) is 3.67. The first kappa shape index (κ1) is 14.3. The number of aromatic nitrogens is 1. The van der Waals surface area contributed by atoms with E-state index in [0.29, 0.717) is 18.5 Å². The van der Waals surface area contributed by atoms with Crippen LogP contribution in [-0.4, -0.2) is 27.6 Å². The highest BCUT2D eigenvalue weighted by Gasteiger charge is 2.31. The molecule has 0 aromatic carbocycles. The summed E-state index contributed by atoms with van der Waals surface area (Å²) >= 11 is 0. The van der Waals surface area contributed by atoms with Gasteiger partial charge in [0, 0.05) is 24.4 Å². The molecule has 1 aliphatic heterocycles. The van der Waals surface area contributed by atoms with Crippen LogP contribution in [0.2, 0.25) is 0 Å². The molecule has 1 atom stereocenters. The quantitative estimate of drug-likeness (QED) is 0.728. The van der Waals surface area contributed by atoms with Crippen LogP contribution in [0.25, 0.3) is 0 Å². The Balaban J connectivity index is 2.22. The van der Waals surface area contributed by atoms with Gasteiger partial charge in [-0.25, -0.2) is 4.79 Å². The number of nitriles is 1. The molecule has 2 rings (SSSR count). The summed E-state index contributed by atoms with van der Waals surface area (Å²) in [5.41, 5.74) is 1.89. The highest BCUT2D eigenvalue weighted by Crippen LogP contribution is 2.24. The third-order valence-corrected chi connectivity index (χ3v) is 3.18. The van der Waals surface area contributed by atoms with E-state index in [9.17, 15) is 4.79 Å².